The summed E-state index contributed by atoms with van der Waals surface area (Å²) in [5.41, 5.74) is 1.38. The first-order valence-corrected chi connectivity index (χ1v) is 21.6. The fraction of sp³-hybridized carbons (Fsp3) is 0.540. The summed E-state index contributed by atoms with van der Waals surface area (Å²) >= 11 is 0. The molecule has 2 N–H and O–H groups in total. The Bertz CT molecular complexity index is 2090. The summed E-state index contributed by atoms with van der Waals surface area (Å²) in [6.07, 6.45) is 8.45. The second-order valence-electron chi connectivity index (χ2n) is 19.2. The van der Waals surface area contributed by atoms with E-state index in [0.717, 1.165) is 41.5 Å². The zero-order valence-corrected chi connectivity index (χ0v) is 35.0. The Hall–Kier alpha value is -4.11. The van der Waals surface area contributed by atoms with Gasteiger partial charge in [0.15, 0.2) is 11.4 Å². The van der Waals surface area contributed by atoms with Gasteiger partial charge < -0.3 is 24.6 Å². The van der Waals surface area contributed by atoms with Crippen LogP contribution in [-0.4, -0.2) is 75.9 Å². The summed E-state index contributed by atoms with van der Waals surface area (Å²) < 4.78 is 12.3. The molecule has 6 aliphatic rings. The third-order valence-electron chi connectivity index (χ3n) is 15.8. The third-order valence-corrected chi connectivity index (χ3v) is 15.8. The summed E-state index contributed by atoms with van der Waals surface area (Å²) in [6, 6.07) is 23.9. The highest BCUT2D eigenvalue weighted by atomic mass is 16.6. The number of fused-ring (bicyclic) bond motifs is 10. The number of allylic oxidation sites excluding steroid dienone is 2. The third kappa shape index (κ3) is 6.67. The first-order valence-electron chi connectivity index (χ1n) is 21.6. The molecule has 8 heteroatoms. The smallest absolute Gasteiger partial charge is 0.313 e. The van der Waals surface area contributed by atoms with Crippen LogP contribution in [0.1, 0.15) is 132 Å². The Morgan fingerprint density at radius 2 is 1.62 bits per heavy atom. The molecule has 2 heterocycles. The standard InChI is InChI=1S/C50H61NO7/c1-33-11-9-24-47(4)42(23-25-49(47,56)32-51(31-39-14-10-28-57-39)44(54)50-27-26-48(5,45(55)58-50)46(50,2)3)40-22-16-34(29-38(52)21-15-33)30-41(40)43(53)37-19-17-36(18-20-37)35-12-7-6-8-13-35/h6-8,11-13,16-20,22,30,38-39,42,52,56H,9-10,14-15,21,23-29,31-32H2,1-5H3. The number of hydrogen-bond acceptors (Lipinski definition) is 7. The lowest BCUT2D eigenvalue weighted by Gasteiger charge is -2.48. The zero-order valence-electron chi connectivity index (χ0n) is 35.0. The van der Waals surface area contributed by atoms with Gasteiger partial charge in [0.2, 0.25) is 0 Å². The summed E-state index contributed by atoms with van der Waals surface area (Å²) in [5, 5.41) is 24.5. The van der Waals surface area contributed by atoms with Gasteiger partial charge in [-0.2, -0.15) is 0 Å². The molecule has 2 saturated carbocycles. The van der Waals surface area contributed by atoms with E-state index >= 15 is 4.79 Å². The van der Waals surface area contributed by atoms with Gasteiger partial charge in [-0.25, -0.2) is 0 Å². The molecule has 9 rings (SSSR count). The zero-order chi connectivity index (χ0) is 41.1. The van der Waals surface area contributed by atoms with Crippen molar-refractivity contribution in [2.24, 2.45) is 16.2 Å². The van der Waals surface area contributed by atoms with Gasteiger partial charge in [0.1, 0.15) is 0 Å². The van der Waals surface area contributed by atoms with E-state index in [0.29, 0.717) is 75.6 Å². The molecule has 3 aromatic rings. The Labute approximate surface area is 344 Å². The van der Waals surface area contributed by atoms with Gasteiger partial charge in [-0.05, 0) is 119 Å². The average Bonchev–Trinajstić information content (AvgIpc) is 3.91. The molecule has 7 atom stereocenters. The number of aliphatic hydroxyl groups excluding tert-OH is 1. The Balaban J connectivity index is 1.19. The molecule has 3 aromatic carbocycles. The molecular formula is C50H61NO7. The monoisotopic (exact) mass is 787 g/mol. The molecule has 2 aliphatic heterocycles. The maximum atomic E-state index is 15.2. The quantitative estimate of drug-likeness (QED) is 0.133. The Morgan fingerprint density at radius 1 is 0.879 bits per heavy atom. The van der Waals surface area contributed by atoms with Crippen molar-refractivity contribution in [2.75, 3.05) is 19.7 Å². The SMILES string of the molecule is CC1=CCCC2(C)C(CCC2(O)CN(CC2CCCO2)C(=O)C23CCC(C)(C(=O)O2)C3(C)C)c2ccc(cc2C(=O)c2ccc(-c3ccccc3)cc2)CC(O)CC1. The number of ether oxygens (including phenoxy) is 2. The van der Waals surface area contributed by atoms with Crippen LogP contribution in [0.5, 0.6) is 0 Å². The summed E-state index contributed by atoms with van der Waals surface area (Å²) in [4.78, 5) is 45.1. The van der Waals surface area contributed by atoms with Gasteiger partial charge in [-0.15, -0.1) is 0 Å². The molecule has 8 nitrogen and oxygen atoms in total. The molecule has 0 spiro atoms. The van der Waals surface area contributed by atoms with Crippen LogP contribution in [-0.2, 0) is 25.5 Å². The van der Waals surface area contributed by atoms with Crippen LogP contribution in [0.15, 0.2) is 84.4 Å². The summed E-state index contributed by atoms with van der Waals surface area (Å²) in [5.74, 6) is -0.853. The van der Waals surface area contributed by atoms with Crippen molar-refractivity contribution in [1.29, 1.82) is 0 Å². The van der Waals surface area contributed by atoms with E-state index in [-0.39, 0.29) is 36.2 Å². The highest BCUT2D eigenvalue weighted by Crippen LogP contribution is 2.66. The molecule has 308 valence electrons. The van der Waals surface area contributed by atoms with Crippen LogP contribution >= 0.6 is 0 Å². The van der Waals surface area contributed by atoms with Crippen molar-refractivity contribution in [1.82, 2.24) is 4.90 Å². The van der Waals surface area contributed by atoms with Crippen LogP contribution in [0.3, 0.4) is 0 Å². The highest BCUT2D eigenvalue weighted by molar-refractivity contribution is 6.10. The number of amides is 1. The maximum absolute atomic E-state index is 15.2. The first-order chi connectivity index (χ1) is 27.6. The topological polar surface area (TPSA) is 113 Å². The fourth-order valence-electron chi connectivity index (χ4n) is 11.3. The van der Waals surface area contributed by atoms with Gasteiger partial charge in [0.25, 0.3) is 5.91 Å². The van der Waals surface area contributed by atoms with Crippen LogP contribution in [0, 0.1) is 16.2 Å². The first kappa shape index (κ1) is 40.7. The number of nitrogens with zero attached hydrogens (tertiary/aromatic N) is 1. The van der Waals surface area contributed by atoms with Crippen molar-refractivity contribution in [3.63, 3.8) is 0 Å². The number of rotatable bonds is 8. The van der Waals surface area contributed by atoms with Gasteiger partial charge in [-0.3, -0.25) is 14.4 Å². The van der Waals surface area contributed by atoms with Crippen LogP contribution in [0.4, 0.5) is 0 Å². The number of carbonyl (C=O) groups excluding carboxylic acids is 3. The van der Waals surface area contributed by atoms with E-state index in [2.05, 4.69) is 38.1 Å². The van der Waals surface area contributed by atoms with E-state index in [4.69, 9.17) is 9.47 Å². The van der Waals surface area contributed by atoms with Gasteiger partial charge in [0, 0.05) is 35.1 Å². The lowest BCUT2D eigenvalue weighted by atomic mass is 9.64. The van der Waals surface area contributed by atoms with Gasteiger partial charge >= 0.3 is 5.97 Å². The van der Waals surface area contributed by atoms with Crippen molar-refractivity contribution >= 4 is 17.7 Å². The highest BCUT2D eigenvalue weighted by Gasteiger charge is 2.76. The molecule has 2 saturated heterocycles. The van der Waals surface area contributed by atoms with E-state index in [1.807, 2.05) is 75.4 Å². The number of hydrogen-bond donors (Lipinski definition) is 2. The van der Waals surface area contributed by atoms with Crippen LogP contribution in [0.2, 0.25) is 0 Å². The Morgan fingerprint density at radius 3 is 2.29 bits per heavy atom. The molecule has 0 radical (unpaired) electrons. The van der Waals surface area contributed by atoms with Crippen molar-refractivity contribution < 1.29 is 34.1 Å². The van der Waals surface area contributed by atoms with Crippen LogP contribution < -0.4 is 0 Å². The molecule has 58 heavy (non-hydrogen) atoms. The summed E-state index contributed by atoms with van der Waals surface area (Å²) in [6.45, 7) is 11.2. The number of benzene rings is 3. The van der Waals surface area contributed by atoms with Crippen molar-refractivity contribution in [2.45, 2.75) is 135 Å². The maximum Gasteiger partial charge on any atom is 0.313 e. The summed E-state index contributed by atoms with van der Waals surface area (Å²) in [7, 11) is 0. The molecule has 1 amide bonds. The fourth-order valence-corrected chi connectivity index (χ4v) is 11.3. The second kappa shape index (κ2) is 15.2. The van der Waals surface area contributed by atoms with E-state index in [9.17, 15) is 19.8 Å². The largest absolute Gasteiger partial charge is 0.448 e. The predicted molar refractivity (Wildman–Crippen MR) is 224 cm³/mol. The minimum atomic E-state index is -1.33. The molecule has 0 aromatic heterocycles. The van der Waals surface area contributed by atoms with Crippen LogP contribution in [0.25, 0.3) is 11.1 Å². The average molecular weight is 788 g/mol. The molecule has 4 bridgehead atoms. The Kier molecular flexibility index (Phi) is 10.6. The van der Waals surface area contributed by atoms with E-state index in [1.54, 1.807) is 4.90 Å². The van der Waals surface area contributed by atoms with Crippen molar-refractivity contribution in [3.05, 3.63) is 107 Å². The normalized spacial score (nSPS) is 33.0. The lowest BCUT2D eigenvalue weighted by Crippen LogP contribution is -2.61. The number of aliphatic hydroxyl groups is 2. The number of carbonyl (C=O) groups is 3. The number of esters is 1. The van der Waals surface area contributed by atoms with Crippen molar-refractivity contribution in [3.8, 4) is 11.1 Å². The van der Waals surface area contributed by atoms with Gasteiger partial charge in [0.05, 0.1) is 29.8 Å². The second-order valence-corrected chi connectivity index (χ2v) is 19.2. The van der Waals surface area contributed by atoms with Gasteiger partial charge in [-0.1, -0.05) is 99.2 Å². The minimum Gasteiger partial charge on any atom is -0.448 e. The van der Waals surface area contributed by atoms with E-state index < -0.39 is 33.6 Å². The predicted octanol–water partition coefficient (Wildman–Crippen LogP) is 8.75. The molecule has 4 fully saturated rings. The minimum absolute atomic E-state index is 0.0714. The molecule has 7 unspecified atom stereocenters. The molecular weight excluding hydrogens is 727 g/mol. The lowest BCUT2D eigenvalue weighted by molar-refractivity contribution is -0.178. The van der Waals surface area contributed by atoms with E-state index in [1.165, 1.54) is 5.57 Å². The number of ketones is 1. The molecule has 4 aliphatic carbocycles.